The highest BCUT2D eigenvalue weighted by atomic mass is 16.6. The molecule has 0 radical (unpaired) electrons. The normalized spacial score (nSPS) is 12.0. The smallest absolute Gasteiger partial charge is 0.306 e. The van der Waals surface area contributed by atoms with Gasteiger partial charge in [-0.05, 0) is 31.1 Å². The molecule has 0 aromatic rings. The molecule has 374 valence electrons. The molecule has 0 aliphatic heterocycles. The van der Waals surface area contributed by atoms with E-state index in [0.29, 0.717) is 19.3 Å². The number of esters is 3. The highest BCUT2D eigenvalue weighted by Gasteiger charge is 2.19. The van der Waals surface area contributed by atoms with E-state index in [1.807, 2.05) is 0 Å². The van der Waals surface area contributed by atoms with Crippen molar-refractivity contribution in [2.75, 3.05) is 13.2 Å². The standard InChI is InChI=1S/C57H110O6/c1-6-7-8-9-10-25-32-37-42-47-55(58)61-50-54(51-62-56(59)48-43-38-33-28-23-19-16-15-18-22-27-31-36-41-46-53(4)5)63-57(60)49-44-39-34-29-24-20-14-12-11-13-17-21-26-30-35-40-45-52(2)3/h52-54H,6-51H2,1-5H3/t54-/m0/s1. The first kappa shape index (κ1) is 61.4. The van der Waals surface area contributed by atoms with Gasteiger partial charge in [-0.15, -0.1) is 0 Å². The summed E-state index contributed by atoms with van der Waals surface area (Å²) in [6.07, 6.45) is 52.4. The number of carbonyl (C=O) groups excluding carboxylic acids is 3. The molecule has 0 aliphatic carbocycles. The Morgan fingerprint density at radius 3 is 0.778 bits per heavy atom. The molecule has 63 heavy (non-hydrogen) atoms. The maximum atomic E-state index is 12.8. The van der Waals surface area contributed by atoms with Crippen LogP contribution in [-0.2, 0) is 28.6 Å². The molecule has 0 amide bonds. The molecule has 0 rings (SSSR count). The Morgan fingerprint density at radius 1 is 0.302 bits per heavy atom. The van der Waals surface area contributed by atoms with Crippen molar-refractivity contribution in [1.82, 2.24) is 0 Å². The lowest BCUT2D eigenvalue weighted by Gasteiger charge is -2.18. The van der Waals surface area contributed by atoms with Crippen LogP contribution >= 0.6 is 0 Å². The lowest BCUT2D eigenvalue weighted by molar-refractivity contribution is -0.167. The fourth-order valence-electron chi connectivity index (χ4n) is 8.70. The van der Waals surface area contributed by atoms with Crippen molar-refractivity contribution in [2.24, 2.45) is 11.8 Å². The first-order chi connectivity index (χ1) is 30.7. The maximum absolute atomic E-state index is 12.8. The second kappa shape index (κ2) is 49.8. The fourth-order valence-corrected chi connectivity index (χ4v) is 8.70. The summed E-state index contributed by atoms with van der Waals surface area (Å²) in [7, 11) is 0. The first-order valence-corrected chi connectivity index (χ1v) is 28.2. The third kappa shape index (κ3) is 51.3. The minimum atomic E-state index is -0.761. The Hall–Kier alpha value is -1.59. The van der Waals surface area contributed by atoms with Gasteiger partial charge < -0.3 is 14.2 Å². The van der Waals surface area contributed by atoms with Crippen LogP contribution in [0.4, 0.5) is 0 Å². The van der Waals surface area contributed by atoms with Crippen molar-refractivity contribution in [1.29, 1.82) is 0 Å². The van der Waals surface area contributed by atoms with Crippen molar-refractivity contribution in [3.63, 3.8) is 0 Å². The van der Waals surface area contributed by atoms with Gasteiger partial charge in [0.2, 0.25) is 0 Å². The minimum absolute atomic E-state index is 0.0629. The van der Waals surface area contributed by atoms with Crippen molar-refractivity contribution in [3.05, 3.63) is 0 Å². The molecular weight excluding hydrogens is 781 g/mol. The summed E-state index contributed by atoms with van der Waals surface area (Å²) < 4.78 is 16.8. The number of unbranched alkanes of at least 4 members (excludes halogenated alkanes) is 36. The van der Waals surface area contributed by atoms with E-state index in [9.17, 15) is 14.4 Å². The Morgan fingerprint density at radius 2 is 0.524 bits per heavy atom. The Kier molecular flexibility index (Phi) is 48.6. The van der Waals surface area contributed by atoms with Gasteiger partial charge >= 0.3 is 17.9 Å². The molecule has 0 heterocycles. The van der Waals surface area contributed by atoms with Gasteiger partial charge in [-0.1, -0.05) is 279 Å². The second-order valence-corrected chi connectivity index (χ2v) is 20.5. The molecular formula is C57H110O6. The first-order valence-electron chi connectivity index (χ1n) is 28.2. The number of ether oxygens (including phenoxy) is 3. The van der Waals surface area contributed by atoms with Crippen molar-refractivity contribution >= 4 is 17.9 Å². The Balaban J connectivity index is 4.22. The van der Waals surface area contributed by atoms with Crippen LogP contribution in [0.2, 0.25) is 0 Å². The summed E-state index contributed by atoms with van der Waals surface area (Å²) in [6, 6.07) is 0. The maximum Gasteiger partial charge on any atom is 0.306 e. The third-order valence-corrected chi connectivity index (χ3v) is 13.0. The van der Waals surface area contributed by atoms with E-state index < -0.39 is 6.10 Å². The minimum Gasteiger partial charge on any atom is -0.462 e. The monoisotopic (exact) mass is 891 g/mol. The van der Waals surface area contributed by atoms with Gasteiger partial charge in [-0.3, -0.25) is 14.4 Å². The van der Waals surface area contributed by atoms with E-state index in [1.54, 1.807) is 0 Å². The highest BCUT2D eigenvalue weighted by Crippen LogP contribution is 2.18. The van der Waals surface area contributed by atoms with Gasteiger partial charge in [0.05, 0.1) is 0 Å². The fraction of sp³-hybridized carbons (Fsp3) is 0.947. The molecule has 0 spiro atoms. The zero-order chi connectivity index (χ0) is 46.1. The molecule has 0 saturated carbocycles. The lowest BCUT2D eigenvalue weighted by atomic mass is 10.0. The van der Waals surface area contributed by atoms with Gasteiger partial charge in [-0.25, -0.2) is 0 Å². The number of hydrogen-bond donors (Lipinski definition) is 0. The van der Waals surface area contributed by atoms with Crippen LogP contribution in [0.25, 0.3) is 0 Å². The van der Waals surface area contributed by atoms with Crippen molar-refractivity contribution < 1.29 is 28.6 Å². The molecule has 0 bridgehead atoms. The SMILES string of the molecule is CCCCCCCCCCCC(=O)OC[C@@H](COC(=O)CCCCCCCCCCCCCCCCC(C)C)OC(=O)CCCCCCCCCCCCCCCCCCC(C)C. The molecule has 0 N–H and O–H groups in total. The number of carbonyl (C=O) groups is 3. The lowest BCUT2D eigenvalue weighted by Crippen LogP contribution is -2.30. The van der Waals surface area contributed by atoms with Gasteiger partial charge in [0, 0.05) is 19.3 Å². The van der Waals surface area contributed by atoms with E-state index >= 15 is 0 Å². The molecule has 0 aromatic carbocycles. The predicted octanol–water partition coefficient (Wildman–Crippen LogP) is 18.5. The van der Waals surface area contributed by atoms with Crippen LogP contribution in [0.15, 0.2) is 0 Å². The van der Waals surface area contributed by atoms with Gasteiger partial charge in [0.15, 0.2) is 6.10 Å². The molecule has 0 unspecified atom stereocenters. The van der Waals surface area contributed by atoms with Crippen LogP contribution in [-0.4, -0.2) is 37.2 Å². The van der Waals surface area contributed by atoms with Crippen LogP contribution in [0.1, 0.15) is 317 Å². The van der Waals surface area contributed by atoms with Crippen LogP contribution in [0, 0.1) is 11.8 Å². The summed E-state index contributed by atoms with van der Waals surface area (Å²) in [5.74, 6) is 0.853. The zero-order valence-electron chi connectivity index (χ0n) is 43.2. The quantitative estimate of drug-likeness (QED) is 0.0344. The van der Waals surface area contributed by atoms with Crippen LogP contribution < -0.4 is 0 Å². The molecule has 0 aromatic heterocycles. The summed E-state index contributed by atoms with van der Waals surface area (Å²) in [5, 5.41) is 0. The predicted molar refractivity (Wildman–Crippen MR) is 270 cm³/mol. The van der Waals surface area contributed by atoms with E-state index in [2.05, 4.69) is 34.6 Å². The average molecular weight is 892 g/mol. The molecule has 1 atom stereocenters. The Bertz CT molecular complexity index is 962. The molecule has 0 aliphatic rings. The molecule has 0 fully saturated rings. The summed E-state index contributed by atoms with van der Waals surface area (Å²) in [4.78, 5) is 38.0. The molecule has 6 nitrogen and oxygen atoms in total. The largest absolute Gasteiger partial charge is 0.462 e. The highest BCUT2D eigenvalue weighted by molar-refractivity contribution is 5.71. The van der Waals surface area contributed by atoms with Crippen LogP contribution in [0.3, 0.4) is 0 Å². The summed E-state index contributed by atoms with van der Waals surface area (Å²) in [5.41, 5.74) is 0. The van der Waals surface area contributed by atoms with Gasteiger partial charge in [0.25, 0.3) is 0 Å². The number of rotatable bonds is 51. The van der Waals surface area contributed by atoms with E-state index in [-0.39, 0.29) is 31.1 Å². The third-order valence-electron chi connectivity index (χ3n) is 13.0. The topological polar surface area (TPSA) is 78.9 Å². The zero-order valence-corrected chi connectivity index (χ0v) is 43.2. The summed E-state index contributed by atoms with van der Waals surface area (Å²) >= 11 is 0. The average Bonchev–Trinajstić information content (AvgIpc) is 3.25. The van der Waals surface area contributed by atoms with Gasteiger partial charge in [0.1, 0.15) is 13.2 Å². The van der Waals surface area contributed by atoms with E-state index in [4.69, 9.17) is 14.2 Å². The molecule has 6 heteroatoms. The summed E-state index contributed by atoms with van der Waals surface area (Å²) in [6.45, 7) is 11.4. The molecule has 0 saturated heterocycles. The van der Waals surface area contributed by atoms with Crippen molar-refractivity contribution in [3.8, 4) is 0 Å². The van der Waals surface area contributed by atoms with E-state index in [1.165, 1.54) is 205 Å². The number of hydrogen-bond acceptors (Lipinski definition) is 6. The second-order valence-electron chi connectivity index (χ2n) is 20.5. The Labute approximate surface area is 393 Å². The van der Waals surface area contributed by atoms with E-state index in [0.717, 1.165) is 69.6 Å². The van der Waals surface area contributed by atoms with Crippen molar-refractivity contribution in [2.45, 2.75) is 323 Å². The van der Waals surface area contributed by atoms with Gasteiger partial charge in [-0.2, -0.15) is 0 Å². The van der Waals surface area contributed by atoms with Crippen LogP contribution in [0.5, 0.6) is 0 Å².